The van der Waals surface area contributed by atoms with Gasteiger partial charge < -0.3 is 10.4 Å². The van der Waals surface area contributed by atoms with E-state index >= 15 is 0 Å². The first kappa shape index (κ1) is 15.0. The van der Waals surface area contributed by atoms with Crippen LogP contribution in [0, 0.1) is 13.8 Å². The largest absolute Gasteiger partial charge is 0.478 e. The van der Waals surface area contributed by atoms with Crippen LogP contribution in [0.4, 0.5) is 5.69 Å². The summed E-state index contributed by atoms with van der Waals surface area (Å²) >= 11 is 5.85. The second kappa shape index (κ2) is 5.93. The van der Waals surface area contributed by atoms with Crippen molar-refractivity contribution >= 4 is 29.2 Å². The summed E-state index contributed by atoms with van der Waals surface area (Å²) in [4.78, 5) is 27.6. The Hall–Kier alpha value is -2.40. The average molecular weight is 305 g/mol. The molecule has 0 aliphatic carbocycles. The molecule has 0 fully saturated rings. The highest BCUT2D eigenvalue weighted by atomic mass is 35.5. The Bertz CT molecular complexity index is 729. The van der Waals surface area contributed by atoms with Crippen molar-refractivity contribution in [1.82, 2.24) is 4.98 Å². The molecule has 1 heterocycles. The fourth-order valence-corrected chi connectivity index (χ4v) is 2.09. The molecule has 6 heteroatoms. The topological polar surface area (TPSA) is 79.3 Å². The number of aromatic nitrogens is 1. The van der Waals surface area contributed by atoms with Crippen molar-refractivity contribution in [2.24, 2.45) is 0 Å². The standard InChI is InChI=1S/C15H13ClN2O3/c1-8-3-5-11(9(2)17-8)14(19)18-13-7-10(16)4-6-12(13)15(20)21/h3-7H,1-2H3,(H,18,19)(H,20,21). The maximum absolute atomic E-state index is 12.2. The minimum Gasteiger partial charge on any atom is -0.478 e. The highest BCUT2D eigenvalue weighted by Gasteiger charge is 2.15. The Kier molecular flexibility index (Phi) is 4.23. The lowest BCUT2D eigenvalue weighted by Gasteiger charge is -2.10. The van der Waals surface area contributed by atoms with Crippen LogP contribution in [0.3, 0.4) is 0 Å². The molecule has 0 bridgehead atoms. The number of amides is 1. The number of rotatable bonds is 3. The normalized spacial score (nSPS) is 10.2. The third kappa shape index (κ3) is 3.38. The molecule has 0 aliphatic rings. The van der Waals surface area contributed by atoms with E-state index in [1.165, 1.54) is 18.2 Å². The zero-order valence-corrected chi connectivity index (χ0v) is 12.2. The second-order valence-electron chi connectivity index (χ2n) is 4.53. The van der Waals surface area contributed by atoms with E-state index in [0.717, 1.165) is 5.69 Å². The van der Waals surface area contributed by atoms with Gasteiger partial charge in [-0.05, 0) is 44.2 Å². The van der Waals surface area contributed by atoms with Gasteiger partial charge in [-0.3, -0.25) is 9.78 Å². The zero-order valence-electron chi connectivity index (χ0n) is 11.5. The van der Waals surface area contributed by atoms with E-state index in [-0.39, 0.29) is 11.3 Å². The third-order valence-corrected chi connectivity index (χ3v) is 3.16. The molecule has 1 amide bonds. The van der Waals surface area contributed by atoms with Crippen molar-refractivity contribution in [3.63, 3.8) is 0 Å². The number of anilines is 1. The number of carbonyl (C=O) groups is 2. The number of carbonyl (C=O) groups excluding carboxylic acids is 1. The van der Waals surface area contributed by atoms with Gasteiger partial charge in [-0.25, -0.2) is 4.79 Å². The zero-order chi connectivity index (χ0) is 15.6. The van der Waals surface area contributed by atoms with Gasteiger partial charge >= 0.3 is 5.97 Å². The molecule has 2 aromatic rings. The van der Waals surface area contributed by atoms with E-state index in [2.05, 4.69) is 10.3 Å². The summed E-state index contributed by atoms with van der Waals surface area (Å²) in [5, 5.41) is 12.0. The van der Waals surface area contributed by atoms with Crippen molar-refractivity contribution in [3.8, 4) is 0 Å². The Labute approximate surface area is 126 Å². The molecule has 2 N–H and O–H groups in total. The first-order valence-corrected chi connectivity index (χ1v) is 6.54. The summed E-state index contributed by atoms with van der Waals surface area (Å²) in [7, 11) is 0. The van der Waals surface area contributed by atoms with Crippen LogP contribution in [0.15, 0.2) is 30.3 Å². The minimum atomic E-state index is -1.14. The summed E-state index contributed by atoms with van der Waals surface area (Å²) in [6, 6.07) is 7.58. The summed E-state index contributed by atoms with van der Waals surface area (Å²) in [5.41, 5.74) is 1.90. The van der Waals surface area contributed by atoms with Crippen molar-refractivity contribution in [3.05, 3.63) is 57.9 Å². The van der Waals surface area contributed by atoms with Gasteiger partial charge in [-0.2, -0.15) is 0 Å². The van der Waals surface area contributed by atoms with Crippen LogP contribution >= 0.6 is 11.6 Å². The van der Waals surface area contributed by atoms with Crippen molar-refractivity contribution in [1.29, 1.82) is 0 Å². The van der Waals surface area contributed by atoms with E-state index in [0.29, 0.717) is 16.3 Å². The molecule has 5 nitrogen and oxygen atoms in total. The Morgan fingerprint density at radius 3 is 2.43 bits per heavy atom. The highest BCUT2D eigenvalue weighted by Crippen LogP contribution is 2.22. The lowest BCUT2D eigenvalue weighted by atomic mass is 10.1. The number of benzene rings is 1. The van der Waals surface area contributed by atoms with Gasteiger partial charge in [0, 0.05) is 10.7 Å². The average Bonchev–Trinajstić information content (AvgIpc) is 2.37. The number of carboxylic acids is 1. The number of aryl methyl sites for hydroxylation is 2. The molecule has 0 saturated heterocycles. The molecule has 0 atom stereocenters. The fourth-order valence-electron chi connectivity index (χ4n) is 1.92. The number of pyridine rings is 1. The Balaban J connectivity index is 2.35. The number of aromatic carboxylic acids is 1. The quantitative estimate of drug-likeness (QED) is 0.912. The summed E-state index contributed by atoms with van der Waals surface area (Å²) < 4.78 is 0. The molecule has 0 aliphatic heterocycles. The fraction of sp³-hybridized carbons (Fsp3) is 0.133. The van der Waals surface area contributed by atoms with Crippen LogP contribution in [0.1, 0.15) is 32.1 Å². The third-order valence-electron chi connectivity index (χ3n) is 2.93. The second-order valence-corrected chi connectivity index (χ2v) is 4.97. The van der Waals surface area contributed by atoms with Gasteiger partial charge in [0.05, 0.1) is 22.5 Å². The van der Waals surface area contributed by atoms with Gasteiger partial charge in [0.25, 0.3) is 5.91 Å². The monoisotopic (exact) mass is 304 g/mol. The Morgan fingerprint density at radius 2 is 1.81 bits per heavy atom. The molecule has 1 aromatic carbocycles. The summed E-state index contributed by atoms with van der Waals surface area (Å²) in [6.07, 6.45) is 0. The summed E-state index contributed by atoms with van der Waals surface area (Å²) in [6.45, 7) is 3.55. The Morgan fingerprint density at radius 1 is 1.14 bits per heavy atom. The van der Waals surface area contributed by atoms with Crippen LogP contribution in [0.25, 0.3) is 0 Å². The van der Waals surface area contributed by atoms with E-state index in [1.54, 1.807) is 19.1 Å². The molecular weight excluding hydrogens is 292 g/mol. The smallest absolute Gasteiger partial charge is 0.337 e. The number of hydrogen-bond donors (Lipinski definition) is 2. The van der Waals surface area contributed by atoms with Crippen LogP contribution in [0.2, 0.25) is 5.02 Å². The number of hydrogen-bond acceptors (Lipinski definition) is 3. The first-order chi connectivity index (χ1) is 9.88. The molecule has 21 heavy (non-hydrogen) atoms. The van der Waals surface area contributed by atoms with E-state index < -0.39 is 11.9 Å². The molecular formula is C15H13ClN2O3. The highest BCUT2D eigenvalue weighted by molar-refractivity contribution is 6.31. The molecule has 2 rings (SSSR count). The number of carboxylic acid groups (broad SMARTS) is 1. The molecule has 1 aromatic heterocycles. The molecule has 0 spiro atoms. The SMILES string of the molecule is Cc1ccc(C(=O)Nc2cc(Cl)ccc2C(=O)O)c(C)n1. The van der Waals surface area contributed by atoms with E-state index in [1.807, 2.05) is 6.92 Å². The van der Waals surface area contributed by atoms with Gasteiger partial charge in [0.1, 0.15) is 0 Å². The number of halogens is 1. The van der Waals surface area contributed by atoms with E-state index in [4.69, 9.17) is 16.7 Å². The van der Waals surface area contributed by atoms with Crippen LogP contribution in [0.5, 0.6) is 0 Å². The van der Waals surface area contributed by atoms with E-state index in [9.17, 15) is 9.59 Å². The van der Waals surface area contributed by atoms with Crippen LogP contribution in [-0.2, 0) is 0 Å². The molecule has 108 valence electrons. The van der Waals surface area contributed by atoms with Crippen LogP contribution in [-0.4, -0.2) is 22.0 Å². The van der Waals surface area contributed by atoms with Crippen molar-refractivity contribution in [2.75, 3.05) is 5.32 Å². The van der Waals surface area contributed by atoms with Gasteiger partial charge in [-0.15, -0.1) is 0 Å². The van der Waals surface area contributed by atoms with Gasteiger partial charge in [0.2, 0.25) is 0 Å². The first-order valence-electron chi connectivity index (χ1n) is 6.17. The maximum atomic E-state index is 12.2. The number of nitrogens with zero attached hydrogens (tertiary/aromatic N) is 1. The lowest BCUT2D eigenvalue weighted by Crippen LogP contribution is -2.16. The molecule has 0 radical (unpaired) electrons. The maximum Gasteiger partial charge on any atom is 0.337 e. The minimum absolute atomic E-state index is 0.0227. The van der Waals surface area contributed by atoms with Crippen LogP contribution < -0.4 is 5.32 Å². The summed E-state index contributed by atoms with van der Waals surface area (Å²) in [5.74, 6) is -1.56. The predicted octanol–water partition coefficient (Wildman–Crippen LogP) is 3.30. The molecule has 0 saturated carbocycles. The lowest BCUT2D eigenvalue weighted by molar-refractivity contribution is 0.0698. The predicted molar refractivity (Wildman–Crippen MR) is 80.1 cm³/mol. The van der Waals surface area contributed by atoms with Crippen molar-refractivity contribution in [2.45, 2.75) is 13.8 Å². The number of nitrogens with one attached hydrogen (secondary N) is 1. The van der Waals surface area contributed by atoms with Crippen molar-refractivity contribution < 1.29 is 14.7 Å². The molecule has 0 unspecified atom stereocenters. The van der Waals surface area contributed by atoms with Gasteiger partial charge in [0.15, 0.2) is 0 Å². The van der Waals surface area contributed by atoms with Gasteiger partial charge in [-0.1, -0.05) is 11.6 Å².